The molecule has 0 unspecified atom stereocenters. The number of ether oxygens (including phenoxy) is 1. The van der Waals surface area contributed by atoms with Gasteiger partial charge >= 0.3 is 0 Å². The molecule has 3 aromatic rings. The van der Waals surface area contributed by atoms with E-state index in [1.807, 2.05) is 19.0 Å². The number of benzene rings is 1. The Morgan fingerprint density at radius 2 is 1.86 bits per heavy atom. The molecular formula is C24H34N6O4S. The first kappa shape index (κ1) is 25.3. The van der Waals surface area contributed by atoms with Gasteiger partial charge in [0.1, 0.15) is 17.0 Å². The number of sulfonamides is 1. The molecule has 0 amide bonds. The van der Waals surface area contributed by atoms with Crippen molar-refractivity contribution in [2.45, 2.75) is 42.9 Å². The maximum absolute atomic E-state index is 13.2. The van der Waals surface area contributed by atoms with Crippen LogP contribution >= 0.6 is 0 Å². The average molecular weight is 503 g/mol. The van der Waals surface area contributed by atoms with E-state index in [0.29, 0.717) is 41.3 Å². The minimum Gasteiger partial charge on any atom is -0.496 e. The van der Waals surface area contributed by atoms with Crippen molar-refractivity contribution in [3.63, 3.8) is 0 Å². The van der Waals surface area contributed by atoms with Crippen LogP contribution in [0.15, 0.2) is 27.9 Å². The number of aromatic nitrogens is 4. The fourth-order valence-corrected chi connectivity index (χ4v) is 5.82. The summed E-state index contributed by atoms with van der Waals surface area (Å²) in [6.45, 7) is 0.957. The number of H-pyrrole nitrogens is 1. The Balaban J connectivity index is 1.73. The highest BCUT2D eigenvalue weighted by molar-refractivity contribution is 7.89. The summed E-state index contributed by atoms with van der Waals surface area (Å²) in [6, 6.07) is 4.60. The SMILES string of the molecule is COc1cc(S(=O)(=O)N(C)CCN(C)C)ccc1-c1nc2c(c(C3CCCCC3)nn2C)c(=O)[nH]1. The molecule has 1 fully saturated rings. The van der Waals surface area contributed by atoms with Crippen LogP contribution in [0, 0.1) is 0 Å². The van der Waals surface area contributed by atoms with Gasteiger partial charge in [0.15, 0.2) is 5.65 Å². The van der Waals surface area contributed by atoms with E-state index in [0.717, 1.165) is 31.4 Å². The molecule has 0 atom stereocenters. The summed E-state index contributed by atoms with van der Waals surface area (Å²) in [5.41, 5.74) is 1.57. The summed E-state index contributed by atoms with van der Waals surface area (Å²) in [5.74, 6) is 0.886. The molecule has 0 aliphatic heterocycles. The van der Waals surface area contributed by atoms with Gasteiger partial charge in [-0.3, -0.25) is 4.79 Å². The molecule has 0 saturated heterocycles. The maximum atomic E-state index is 13.2. The van der Waals surface area contributed by atoms with Gasteiger partial charge in [-0.15, -0.1) is 0 Å². The molecule has 2 aromatic heterocycles. The molecule has 11 heteroatoms. The lowest BCUT2D eigenvalue weighted by Crippen LogP contribution is -2.33. The van der Waals surface area contributed by atoms with Crippen LogP contribution in [0.2, 0.25) is 0 Å². The number of aromatic amines is 1. The molecular weight excluding hydrogens is 468 g/mol. The minimum absolute atomic E-state index is 0.114. The highest BCUT2D eigenvalue weighted by atomic mass is 32.2. The van der Waals surface area contributed by atoms with Crippen molar-refractivity contribution in [2.75, 3.05) is 41.3 Å². The van der Waals surface area contributed by atoms with E-state index in [9.17, 15) is 13.2 Å². The first-order valence-corrected chi connectivity index (χ1v) is 13.3. The second-order valence-corrected chi connectivity index (χ2v) is 11.5. The molecule has 0 radical (unpaired) electrons. The third-order valence-corrected chi connectivity index (χ3v) is 8.56. The topological polar surface area (TPSA) is 113 Å². The van der Waals surface area contributed by atoms with Crippen molar-refractivity contribution in [1.82, 2.24) is 29.0 Å². The number of fused-ring (bicyclic) bond motifs is 1. The van der Waals surface area contributed by atoms with Gasteiger partial charge in [0, 0.05) is 39.2 Å². The Morgan fingerprint density at radius 3 is 2.51 bits per heavy atom. The molecule has 1 aliphatic rings. The molecule has 4 rings (SSSR count). The van der Waals surface area contributed by atoms with Crippen LogP contribution in [-0.2, 0) is 17.1 Å². The van der Waals surface area contributed by atoms with Crippen molar-refractivity contribution in [1.29, 1.82) is 0 Å². The molecule has 190 valence electrons. The predicted molar refractivity (Wildman–Crippen MR) is 135 cm³/mol. The summed E-state index contributed by atoms with van der Waals surface area (Å²) in [5, 5.41) is 5.19. The Labute approximate surface area is 206 Å². The number of nitrogens with one attached hydrogen (secondary N) is 1. The zero-order valence-corrected chi connectivity index (χ0v) is 21.9. The first-order valence-electron chi connectivity index (χ1n) is 11.9. The van der Waals surface area contributed by atoms with Gasteiger partial charge in [-0.05, 0) is 39.1 Å². The lowest BCUT2D eigenvalue weighted by atomic mass is 9.86. The Bertz CT molecular complexity index is 1370. The molecule has 1 N–H and O–H groups in total. The normalized spacial score (nSPS) is 15.4. The van der Waals surface area contributed by atoms with E-state index in [2.05, 4.69) is 10.1 Å². The third kappa shape index (κ3) is 4.98. The summed E-state index contributed by atoms with van der Waals surface area (Å²) in [7, 11) is 4.89. The van der Waals surface area contributed by atoms with Crippen LogP contribution in [0.25, 0.3) is 22.4 Å². The van der Waals surface area contributed by atoms with E-state index in [1.54, 1.807) is 24.8 Å². The second-order valence-electron chi connectivity index (χ2n) is 9.45. The Morgan fingerprint density at radius 1 is 1.14 bits per heavy atom. The number of methoxy groups -OCH3 is 1. The highest BCUT2D eigenvalue weighted by Gasteiger charge is 2.26. The summed E-state index contributed by atoms with van der Waals surface area (Å²) >= 11 is 0. The number of hydrogen-bond donors (Lipinski definition) is 1. The minimum atomic E-state index is -3.70. The fourth-order valence-electron chi connectivity index (χ4n) is 4.64. The van der Waals surface area contributed by atoms with Gasteiger partial charge < -0.3 is 14.6 Å². The van der Waals surface area contributed by atoms with Gasteiger partial charge in [0.2, 0.25) is 10.0 Å². The van der Waals surface area contributed by atoms with Crippen molar-refractivity contribution in [3.05, 3.63) is 34.2 Å². The predicted octanol–water partition coefficient (Wildman–Crippen LogP) is 2.56. The van der Waals surface area contributed by atoms with Crippen molar-refractivity contribution in [3.8, 4) is 17.1 Å². The summed E-state index contributed by atoms with van der Waals surface area (Å²) in [4.78, 5) is 22.8. The van der Waals surface area contributed by atoms with Crippen LogP contribution in [0.4, 0.5) is 0 Å². The zero-order valence-electron chi connectivity index (χ0n) is 21.0. The first-order chi connectivity index (χ1) is 16.6. The second kappa shape index (κ2) is 10.1. The molecule has 2 heterocycles. The molecule has 1 aliphatic carbocycles. The summed E-state index contributed by atoms with van der Waals surface area (Å²) in [6.07, 6.45) is 5.56. The number of rotatable bonds is 8. The van der Waals surface area contributed by atoms with Crippen LogP contribution in [0.1, 0.15) is 43.7 Å². The Hall–Kier alpha value is -2.76. The van der Waals surface area contributed by atoms with Crippen LogP contribution in [-0.4, -0.2) is 78.7 Å². The standard InChI is InChI=1S/C24H34N6O4S/c1-28(2)13-14-29(3)35(32,33)17-11-12-18(19(15-17)34-5)22-25-23-20(24(31)26-22)21(27-30(23)4)16-9-7-6-8-10-16/h11-12,15-16H,6-10,13-14H2,1-5H3,(H,25,26,31). The van der Waals surface area contributed by atoms with Crippen molar-refractivity contribution in [2.24, 2.45) is 7.05 Å². The van der Waals surface area contributed by atoms with Crippen LogP contribution in [0.3, 0.4) is 0 Å². The van der Waals surface area contributed by atoms with Crippen molar-refractivity contribution < 1.29 is 13.2 Å². The molecule has 0 bridgehead atoms. The Kier molecular flexibility index (Phi) is 7.30. The number of likely N-dealkylation sites (N-methyl/N-ethyl adjacent to an activating group) is 2. The molecule has 0 spiro atoms. The third-order valence-electron chi connectivity index (χ3n) is 6.71. The van der Waals surface area contributed by atoms with E-state index < -0.39 is 10.0 Å². The highest BCUT2D eigenvalue weighted by Crippen LogP contribution is 2.35. The molecule has 35 heavy (non-hydrogen) atoms. The lowest BCUT2D eigenvalue weighted by Gasteiger charge is -2.20. The number of hydrogen-bond acceptors (Lipinski definition) is 7. The summed E-state index contributed by atoms with van der Waals surface area (Å²) < 4.78 is 34.6. The molecule has 1 aromatic carbocycles. The van der Waals surface area contributed by atoms with Gasteiger partial charge in [-0.2, -0.15) is 9.40 Å². The van der Waals surface area contributed by atoms with E-state index in [4.69, 9.17) is 9.72 Å². The van der Waals surface area contributed by atoms with Gasteiger partial charge in [-0.25, -0.2) is 18.1 Å². The molecule has 10 nitrogen and oxygen atoms in total. The largest absolute Gasteiger partial charge is 0.496 e. The monoisotopic (exact) mass is 502 g/mol. The van der Waals surface area contributed by atoms with Crippen LogP contribution in [0.5, 0.6) is 5.75 Å². The maximum Gasteiger partial charge on any atom is 0.262 e. The van der Waals surface area contributed by atoms with Gasteiger partial charge in [0.05, 0.1) is 23.3 Å². The fraction of sp³-hybridized carbons (Fsp3) is 0.542. The lowest BCUT2D eigenvalue weighted by molar-refractivity contribution is 0.358. The smallest absolute Gasteiger partial charge is 0.262 e. The zero-order chi connectivity index (χ0) is 25.3. The van der Waals surface area contributed by atoms with E-state index in [-0.39, 0.29) is 16.4 Å². The van der Waals surface area contributed by atoms with Crippen molar-refractivity contribution >= 4 is 21.1 Å². The molecule has 1 saturated carbocycles. The van der Waals surface area contributed by atoms with E-state index in [1.165, 1.54) is 30.0 Å². The van der Waals surface area contributed by atoms with Gasteiger partial charge in [-0.1, -0.05) is 19.3 Å². The quantitative estimate of drug-likeness (QED) is 0.504. The van der Waals surface area contributed by atoms with Crippen LogP contribution < -0.4 is 10.3 Å². The van der Waals surface area contributed by atoms with Gasteiger partial charge in [0.25, 0.3) is 5.56 Å². The van der Waals surface area contributed by atoms with E-state index >= 15 is 0 Å². The number of nitrogens with zero attached hydrogens (tertiary/aromatic N) is 5. The average Bonchev–Trinajstić information content (AvgIpc) is 3.19. The number of aryl methyl sites for hydroxylation is 1.